The Labute approximate surface area is 133 Å². The smallest absolute Gasteiger partial charge is 0.374 e. The molecular formula is C13H10BrNO6S. The summed E-state index contributed by atoms with van der Waals surface area (Å²) >= 11 is 3.24. The molecule has 1 aromatic heterocycles. The molecule has 1 saturated heterocycles. The van der Waals surface area contributed by atoms with Crippen molar-refractivity contribution in [3.05, 3.63) is 34.5 Å². The zero-order valence-electron chi connectivity index (χ0n) is 11.0. The molecule has 0 amide bonds. The van der Waals surface area contributed by atoms with Gasteiger partial charge in [-0.3, -0.25) is 0 Å². The second-order valence-corrected chi connectivity index (χ2v) is 7.78. The highest BCUT2D eigenvalue weighted by atomic mass is 79.9. The number of halogens is 1. The molecule has 1 N–H and O–H groups in total. The Morgan fingerprint density at radius 1 is 1.32 bits per heavy atom. The van der Waals surface area contributed by atoms with E-state index in [1.165, 1.54) is 12.1 Å². The van der Waals surface area contributed by atoms with E-state index < -0.39 is 21.1 Å². The number of rotatable bonds is 4. The normalized spacial score (nSPS) is 15.5. The van der Waals surface area contributed by atoms with Gasteiger partial charge in [0.1, 0.15) is 10.9 Å². The minimum Gasteiger partial charge on any atom is -0.475 e. The number of nitrogens with zero attached hydrogens (tertiary/aromatic N) is 1. The quantitative estimate of drug-likeness (QED) is 0.854. The highest BCUT2D eigenvalue weighted by molar-refractivity contribution is 9.10. The van der Waals surface area contributed by atoms with Gasteiger partial charge in [-0.1, -0.05) is 11.2 Å². The van der Waals surface area contributed by atoms with Crippen molar-refractivity contribution in [2.45, 2.75) is 10.1 Å². The summed E-state index contributed by atoms with van der Waals surface area (Å²) in [5.74, 6) is -1.50. The van der Waals surface area contributed by atoms with Gasteiger partial charge in [-0.2, -0.15) is 0 Å². The monoisotopic (exact) mass is 387 g/mol. The number of carboxylic acid groups (broad SMARTS) is 1. The molecule has 1 fully saturated rings. The first kappa shape index (κ1) is 15.2. The van der Waals surface area contributed by atoms with E-state index in [0.29, 0.717) is 15.7 Å². The summed E-state index contributed by atoms with van der Waals surface area (Å²) in [5.41, 5.74) is 0.862. The SMILES string of the molecule is O=C(O)c1cc(-c2ccc(S(=O)(=O)C3COC3)c(Br)c2)no1. The van der Waals surface area contributed by atoms with E-state index in [2.05, 4.69) is 25.6 Å². The molecule has 1 aliphatic rings. The summed E-state index contributed by atoms with van der Waals surface area (Å²) in [6.07, 6.45) is 0. The van der Waals surface area contributed by atoms with Crippen molar-refractivity contribution in [1.29, 1.82) is 0 Å². The summed E-state index contributed by atoms with van der Waals surface area (Å²) in [7, 11) is -3.45. The van der Waals surface area contributed by atoms with Crippen LogP contribution in [-0.2, 0) is 14.6 Å². The average molecular weight is 388 g/mol. The van der Waals surface area contributed by atoms with E-state index >= 15 is 0 Å². The molecule has 3 rings (SSSR count). The third kappa shape index (κ3) is 2.55. The van der Waals surface area contributed by atoms with Crippen LogP contribution in [0.2, 0.25) is 0 Å². The summed E-state index contributed by atoms with van der Waals surface area (Å²) in [6.45, 7) is 0.392. The van der Waals surface area contributed by atoms with Crippen molar-refractivity contribution in [1.82, 2.24) is 5.16 Å². The highest BCUT2D eigenvalue weighted by Gasteiger charge is 2.35. The fourth-order valence-electron chi connectivity index (χ4n) is 1.98. The molecule has 0 spiro atoms. The van der Waals surface area contributed by atoms with E-state index in [0.717, 1.165) is 0 Å². The summed E-state index contributed by atoms with van der Waals surface area (Å²) in [6, 6.07) is 5.86. The third-order valence-electron chi connectivity index (χ3n) is 3.30. The van der Waals surface area contributed by atoms with Crippen LogP contribution in [0.4, 0.5) is 0 Å². The molecule has 2 heterocycles. The van der Waals surface area contributed by atoms with Gasteiger partial charge >= 0.3 is 5.97 Å². The second kappa shape index (κ2) is 5.49. The molecule has 0 radical (unpaired) electrons. The van der Waals surface area contributed by atoms with Crippen molar-refractivity contribution >= 4 is 31.7 Å². The number of hydrogen-bond donors (Lipinski definition) is 1. The lowest BCUT2D eigenvalue weighted by atomic mass is 10.1. The molecular weight excluding hydrogens is 378 g/mol. The van der Waals surface area contributed by atoms with Gasteiger partial charge in [-0.15, -0.1) is 0 Å². The fraction of sp³-hybridized carbons (Fsp3) is 0.231. The lowest BCUT2D eigenvalue weighted by molar-refractivity contribution is 0.0416. The van der Waals surface area contributed by atoms with Crippen LogP contribution in [0.15, 0.2) is 38.2 Å². The van der Waals surface area contributed by atoms with E-state index in [-0.39, 0.29) is 23.9 Å². The molecule has 2 aromatic rings. The maximum Gasteiger partial charge on any atom is 0.374 e. The van der Waals surface area contributed by atoms with E-state index in [9.17, 15) is 13.2 Å². The molecule has 0 atom stereocenters. The molecule has 0 aliphatic carbocycles. The van der Waals surface area contributed by atoms with E-state index in [4.69, 9.17) is 9.84 Å². The van der Waals surface area contributed by atoms with Crippen LogP contribution in [0.25, 0.3) is 11.3 Å². The molecule has 9 heteroatoms. The third-order valence-corrected chi connectivity index (χ3v) is 6.34. The average Bonchev–Trinajstić information content (AvgIpc) is 2.85. The summed E-state index contributed by atoms with van der Waals surface area (Å²) in [5, 5.41) is 11.9. The zero-order valence-corrected chi connectivity index (χ0v) is 13.4. The summed E-state index contributed by atoms with van der Waals surface area (Å²) in [4.78, 5) is 11.0. The van der Waals surface area contributed by atoms with Gasteiger partial charge in [-0.05, 0) is 28.1 Å². The van der Waals surface area contributed by atoms with Gasteiger partial charge in [0.15, 0.2) is 9.84 Å². The Bertz CT molecular complexity index is 840. The van der Waals surface area contributed by atoms with Crippen molar-refractivity contribution < 1.29 is 27.6 Å². The first-order valence-electron chi connectivity index (χ1n) is 6.21. The molecule has 0 unspecified atom stereocenters. The molecule has 0 bridgehead atoms. The Morgan fingerprint density at radius 2 is 2.05 bits per heavy atom. The lowest BCUT2D eigenvalue weighted by Gasteiger charge is -2.26. The van der Waals surface area contributed by atoms with E-state index in [1.807, 2.05) is 0 Å². The van der Waals surface area contributed by atoms with Crippen LogP contribution < -0.4 is 0 Å². The Kier molecular flexibility index (Phi) is 3.79. The summed E-state index contributed by atoms with van der Waals surface area (Å²) < 4.78 is 34.7. The topological polar surface area (TPSA) is 107 Å². The van der Waals surface area contributed by atoms with Crippen LogP contribution in [0.1, 0.15) is 10.6 Å². The van der Waals surface area contributed by atoms with Crippen LogP contribution in [-0.4, -0.2) is 43.1 Å². The van der Waals surface area contributed by atoms with Gasteiger partial charge < -0.3 is 14.4 Å². The number of ether oxygens (including phenoxy) is 1. The Balaban J connectivity index is 1.96. The Hall–Kier alpha value is -1.71. The number of aromatic nitrogens is 1. The van der Waals surface area contributed by atoms with Gasteiger partial charge in [-0.25, -0.2) is 13.2 Å². The van der Waals surface area contributed by atoms with Crippen LogP contribution in [0.3, 0.4) is 0 Å². The molecule has 0 saturated carbocycles. The number of hydrogen-bond acceptors (Lipinski definition) is 6. The number of carboxylic acids is 1. The zero-order chi connectivity index (χ0) is 15.9. The number of aromatic carboxylic acids is 1. The van der Waals surface area contributed by atoms with Crippen molar-refractivity contribution in [3.63, 3.8) is 0 Å². The number of carbonyl (C=O) groups is 1. The van der Waals surface area contributed by atoms with Gasteiger partial charge in [0, 0.05) is 16.1 Å². The van der Waals surface area contributed by atoms with Crippen molar-refractivity contribution in [3.8, 4) is 11.3 Å². The maximum atomic E-state index is 12.4. The molecule has 7 nitrogen and oxygen atoms in total. The number of sulfone groups is 1. The predicted molar refractivity (Wildman–Crippen MR) is 78.4 cm³/mol. The van der Waals surface area contributed by atoms with E-state index in [1.54, 1.807) is 12.1 Å². The second-order valence-electron chi connectivity index (χ2n) is 4.73. The van der Waals surface area contributed by atoms with Crippen LogP contribution in [0.5, 0.6) is 0 Å². The maximum absolute atomic E-state index is 12.4. The van der Waals surface area contributed by atoms with Crippen molar-refractivity contribution in [2.24, 2.45) is 0 Å². The fourth-order valence-corrected chi connectivity index (χ4v) is 4.53. The van der Waals surface area contributed by atoms with Crippen molar-refractivity contribution in [2.75, 3.05) is 13.2 Å². The molecule has 22 heavy (non-hydrogen) atoms. The first-order valence-corrected chi connectivity index (χ1v) is 8.55. The molecule has 1 aromatic carbocycles. The minimum atomic E-state index is -3.45. The number of benzene rings is 1. The highest BCUT2D eigenvalue weighted by Crippen LogP contribution is 2.32. The molecule has 116 valence electrons. The van der Waals surface area contributed by atoms with Gasteiger partial charge in [0.2, 0.25) is 5.76 Å². The van der Waals surface area contributed by atoms with Crippen LogP contribution >= 0.6 is 15.9 Å². The predicted octanol–water partition coefficient (Wildman–Crippen LogP) is 1.97. The molecule has 1 aliphatic heterocycles. The first-order chi connectivity index (χ1) is 10.4. The standard InChI is InChI=1S/C13H10BrNO6S/c14-9-3-7(10-4-11(13(16)17)21-15-10)1-2-12(9)22(18,19)8-5-20-6-8/h1-4,8H,5-6H2,(H,16,17). The largest absolute Gasteiger partial charge is 0.475 e. The van der Waals surface area contributed by atoms with Gasteiger partial charge in [0.25, 0.3) is 0 Å². The van der Waals surface area contributed by atoms with Crippen LogP contribution in [0, 0.1) is 0 Å². The minimum absolute atomic E-state index is 0.173. The lowest BCUT2D eigenvalue weighted by Crippen LogP contribution is -2.40. The van der Waals surface area contributed by atoms with Gasteiger partial charge in [0.05, 0.1) is 18.1 Å². The Morgan fingerprint density at radius 3 is 2.55 bits per heavy atom.